The first-order valence-corrected chi connectivity index (χ1v) is 3.79. The van der Waals surface area contributed by atoms with E-state index in [1.54, 1.807) is 7.05 Å². The van der Waals surface area contributed by atoms with Gasteiger partial charge in [-0.2, -0.15) is 0 Å². The highest BCUT2D eigenvalue weighted by Gasteiger charge is 2.22. The van der Waals surface area contributed by atoms with E-state index in [1.165, 1.54) is 25.1 Å². The molecule has 0 amide bonds. The molecular weight excluding hydrogens is 174 g/mol. The Kier molecular flexibility index (Phi) is 3.35. The Morgan fingerprint density at radius 1 is 1.46 bits per heavy atom. The Labute approximate surface area is 76.1 Å². The van der Waals surface area contributed by atoms with Crippen LogP contribution >= 0.6 is 0 Å². The highest BCUT2D eigenvalue weighted by molar-refractivity contribution is 4.99. The highest BCUT2D eigenvalue weighted by Crippen LogP contribution is 2.16. The zero-order valence-corrected chi connectivity index (χ0v) is 7.84. The van der Waals surface area contributed by atoms with Gasteiger partial charge in [-0.15, -0.1) is 5.10 Å². The lowest BCUT2D eigenvalue weighted by Gasteiger charge is -2.19. The summed E-state index contributed by atoms with van der Waals surface area (Å²) in [6, 6.07) is 0. The third-order valence-electron chi connectivity index (χ3n) is 1.77. The van der Waals surface area contributed by atoms with Gasteiger partial charge in [0.25, 0.3) is 0 Å². The number of hydrogen-bond acceptors (Lipinski definition) is 5. The van der Waals surface area contributed by atoms with Gasteiger partial charge in [0.05, 0.1) is 11.9 Å². The fourth-order valence-electron chi connectivity index (χ4n) is 1.06. The minimum atomic E-state index is -0.880. The molecule has 1 rings (SSSR count). The molecule has 0 aliphatic carbocycles. The number of aryl methyl sites for hydroxylation is 1. The molecule has 1 aromatic heterocycles. The van der Waals surface area contributed by atoms with Crippen molar-refractivity contribution in [2.45, 2.75) is 12.4 Å². The van der Waals surface area contributed by atoms with Crippen LogP contribution in [0.3, 0.4) is 0 Å². The van der Waals surface area contributed by atoms with Crippen molar-refractivity contribution in [3.05, 3.63) is 11.9 Å². The summed E-state index contributed by atoms with van der Waals surface area (Å²) in [5, 5.41) is 17.0. The molecule has 6 nitrogen and oxygen atoms in total. The molecule has 0 radical (unpaired) electrons. The van der Waals surface area contributed by atoms with Crippen molar-refractivity contribution >= 4 is 0 Å². The molecule has 0 aliphatic rings. The molecule has 0 fully saturated rings. The van der Waals surface area contributed by atoms with Crippen molar-refractivity contribution in [1.82, 2.24) is 15.0 Å². The average molecular weight is 187 g/mol. The quantitative estimate of drug-likeness (QED) is 0.641. The molecule has 1 N–H and O–H groups in total. The summed E-state index contributed by atoms with van der Waals surface area (Å²) < 4.78 is 11.3. The van der Waals surface area contributed by atoms with E-state index in [-0.39, 0.29) is 0 Å². The maximum absolute atomic E-state index is 9.70. The molecule has 1 unspecified atom stereocenters. The van der Waals surface area contributed by atoms with Gasteiger partial charge in [-0.1, -0.05) is 5.21 Å². The van der Waals surface area contributed by atoms with E-state index in [2.05, 4.69) is 10.3 Å². The number of aliphatic hydroxyl groups is 1. The predicted molar refractivity (Wildman–Crippen MR) is 43.8 cm³/mol. The minimum absolute atomic E-state index is 0.550. The highest BCUT2D eigenvalue weighted by atomic mass is 16.7. The van der Waals surface area contributed by atoms with Gasteiger partial charge in [0.15, 0.2) is 6.29 Å². The van der Waals surface area contributed by atoms with Gasteiger partial charge < -0.3 is 14.6 Å². The van der Waals surface area contributed by atoms with Gasteiger partial charge in [-0.3, -0.25) is 0 Å². The predicted octanol–water partition coefficient (Wildman–Crippen LogP) is -0.533. The van der Waals surface area contributed by atoms with E-state index in [1.807, 2.05) is 0 Å². The molecule has 13 heavy (non-hydrogen) atoms. The molecule has 0 aliphatic heterocycles. The molecule has 0 bridgehead atoms. The SMILES string of the molecule is COC(OC)C(O)c1cnnn1C. The smallest absolute Gasteiger partial charge is 0.188 e. The fourth-order valence-corrected chi connectivity index (χ4v) is 1.06. The summed E-state index contributed by atoms with van der Waals surface area (Å²) in [7, 11) is 4.61. The van der Waals surface area contributed by atoms with E-state index in [0.717, 1.165) is 0 Å². The van der Waals surface area contributed by atoms with Crippen molar-refractivity contribution in [3.8, 4) is 0 Å². The van der Waals surface area contributed by atoms with Gasteiger partial charge in [0.2, 0.25) is 0 Å². The van der Waals surface area contributed by atoms with Crippen LogP contribution < -0.4 is 0 Å². The summed E-state index contributed by atoms with van der Waals surface area (Å²) in [5.74, 6) is 0. The van der Waals surface area contributed by atoms with Crippen LogP contribution in [0, 0.1) is 0 Å². The Morgan fingerprint density at radius 3 is 2.46 bits per heavy atom. The number of nitrogens with zero attached hydrogens (tertiary/aromatic N) is 3. The van der Waals surface area contributed by atoms with Gasteiger partial charge in [-0.05, 0) is 0 Å². The summed E-state index contributed by atoms with van der Waals surface area (Å²) in [6.07, 6.45) is -0.109. The van der Waals surface area contributed by atoms with Crippen LogP contribution in [0.4, 0.5) is 0 Å². The van der Waals surface area contributed by atoms with Crippen molar-refractivity contribution in [2.75, 3.05) is 14.2 Å². The van der Waals surface area contributed by atoms with Crippen LogP contribution in [-0.2, 0) is 16.5 Å². The molecule has 74 valence electrons. The van der Waals surface area contributed by atoms with Gasteiger partial charge in [-0.25, -0.2) is 4.68 Å². The molecule has 0 aromatic carbocycles. The van der Waals surface area contributed by atoms with E-state index in [9.17, 15) is 5.11 Å². The lowest BCUT2D eigenvalue weighted by Crippen LogP contribution is -2.24. The zero-order chi connectivity index (χ0) is 9.84. The van der Waals surface area contributed by atoms with Crippen molar-refractivity contribution < 1.29 is 14.6 Å². The first-order valence-electron chi connectivity index (χ1n) is 3.79. The topological polar surface area (TPSA) is 69.4 Å². The van der Waals surface area contributed by atoms with Crippen LogP contribution in [-0.4, -0.2) is 40.6 Å². The van der Waals surface area contributed by atoms with Crippen LogP contribution in [0.15, 0.2) is 6.20 Å². The normalized spacial score (nSPS) is 13.6. The number of aliphatic hydroxyl groups excluding tert-OH is 1. The summed E-state index contributed by atoms with van der Waals surface area (Å²) in [6.45, 7) is 0. The summed E-state index contributed by atoms with van der Waals surface area (Å²) in [4.78, 5) is 0. The lowest BCUT2D eigenvalue weighted by molar-refractivity contribution is -0.168. The van der Waals surface area contributed by atoms with Gasteiger partial charge in [0, 0.05) is 21.3 Å². The van der Waals surface area contributed by atoms with E-state index >= 15 is 0 Å². The second kappa shape index (κ2) is 4.31. The monoisotopic (exact) mass is 187 g/mol. The molecule has 1 atom stereocenters. The first-order chi connectivity index (χ1) is 6.20. The third kappa shape index (κ3) is 2.03. The van der Waals surface area contributed by atoms with E-state index in [0.29, 0.717) is 5.69 Å². The number of aromatic nitrogens is 3. The Hall–Kier alpha value is -0.980. The molecule has 6 heteroatoms. The number of hydrogen-bond donors (Lipinski definition) is 1. The molecule has 1 aromatic rings. The second-order valence-electron chi connectivity index (χ2n) is 2.57. The maximum Gasteiger partial charge on any atom is 0.188 e. The van der Waals surface area contributed by atoms with Crippen LogP contribution in [0.2, 0.25) is 0 Å². The second-order valence-corrected chi connectivity index (χ2v) is 2.57. The molecule has 1 heterocycles. The van der Waals surface area contributed by atoms with Crippen LogP contribution in [0.25, 0.3) is 0 Å². The Bertz CT molecular complexity index is 259. The third-order valence-corrected chi connectivity index (χ3v) is 1.77. The number of rotatable bonds is 4. The minimum Gasteiger partial charge on any atom is -0.381 e. The largest absolute Gasteiger partial charge is 0.381 e. The fraction of sp³-hybridized carbons (Fsp3) is 0.714. The molecular formula is C7H13N3O3. The zero-order valence-electron chi connectivity index (χ0n) is 7.84. The van der Waals surface area contributed by atoms with Gasteiger partial charge in [0.1, 0.15) is 6.10 Å². The van der Waals surface area contributed by atoms with Crippen LogP contribution in [0.5, 0.6) is 0 Å². The van der Waals surface area contributed by atoms with E-state index < -0.39 is 12.4 Å². The summed E-state index contributed by atoms with van der Waals surface area (Å²) >= 11 is 0. The van der Waals surface area contributed by atoms with Crippen molar-refractivity contribution in [2.24, 2.45) is 7.05 Å². The molecule has 0 spiro atoms. The lowest BCUT2D eigenvalue weighted by atomic mass is 10.2. The van der Waals surface area contributed by atoms with Crippen molar-refractivity contribution in [3.63, 3.8) is 0 Å². The Balaban J connectivity index is 2.77. The Morgan fingerprint density at radius 2 is 2.08 bits per heavy atom. The standard InChI is InChI=1S/C7H13N3O3/c1-10-5(4-8-9-10)6(11)7(12-2)13-3/h4,6-7,11H,1-3H3. The summed E-state index contributed by atoms with van der Waals surface area (Å²) in [5.41, 5.74) is 0.550. The number of ether oxygens (including phenoxy) is 2. The van der Waals surface area contributed by atoms with Crippen molar-refractivity contribution in [1.29, 1.82) is 0 Å². The van der Waals surface area contributed by atoms with E-state index in [4.69, 9.17) is 9.47 Å². The molecule has 0 saturated heterocycles. The first kappa shape index (κ1) is 10.1. The molecule has 0 saturated carbocycles. The average Bonchev–Trinajstić information content (AvgIpc) is 2.53. The van der Waals surface area contributed by atoms with Crippen LogP contribution in [0.1, 0.15) is 11.8 Å². The maximum atomic E-state index is 9.70. The van der Waals surface area contributed by atoms with Gasteiger partial charge >= 0.3 is 0 Å². The number of methoxy groups -OCH3 is 2.